The second-order valence-corrected chi connectivity index (χ2v) is 8.61. The SMILES string of the molecule is CC1CSC2(CC(C)(C)CC(C)(C)C2)N1. The van der Waals surface area contributed by atoms with Gasteiger partial charge in [-0.3, -0.25) is 5.32 Å². The Kier molecular flexibility index (Phi) is 2.67. The third kappa shape index (κ3) is 2.52. The van der Waals surface area contributed by atoms with Crippen LogP contribution in [0.4, 0.5) is 0 Å². The van der Waals surface area contributed by atoms with Crippen LogP contribution in [0.15, 0.2) is 0 Å². The Balaban J connectivity index is 2.20. The van der Waals surface area contributed by atoms with E-state index in [1.807, 2.05) is 0 Å². The van der Waals surface area contributed by atoms with E-state index < -0.39 is 0 Å². The second-order valence-electron chi connectivity index (χ2n) is 7.21. The van der Waals surface area contributed by atoms with Crippen molar-refractivity contribution < 1.29 is 0 Å². The number of hydrogen-bond donors (Lipinski definition) is 1. The Morgan fingerprint density at radius 2 is 1.53 bits per heavy atom. The fraction of sp³-hybridized carbons (Fsp3) is 1.00. The van der Waals surface area contributed by atoms with E-state index >= 15 is 0 Å². The highest BCUT2D eigenvalue weighted by atomic mass is 32.2. The molecule has 1 N–H and O–H groups in total. The zero-order valence-electron chi connectivity index (χ0n) is 10.8. The Morgan fingerprint density at radius 3 is 1.93 bits per heavy atom. The first-order chi connectivity index (χ1) is 6.72. The van der Waals surface area contributed by atoms with Crippen molar-refractivity contribution in [2.45, 2.75) is 64.8 Å². The van der Waals surface area contributed by atoms with Crippen LogP contribution in [0.1, 0.15) is 53.9 Å². The van der Waals surface area contributed by atoms with Crippen LogP contribution < -0.4 is 5.32 Å². The number of hydrogen-bond acceptors (Lipinski definition) is 2. The van der Waals surface area contributed by atoms with Crippen molar-refractivity contribution in [2.75, 3.05) is 5.75 Å². The van der Waals surface area contributed by atoms with E-state index in [0.717, 1.165) is 0 Å². The van der Waals surface area contributed by atoms with Crippen molar-refractivity contribution in [2.24, 2.45) is 10.8 Å². The maximum atomic E-state index is 3.84. The maximum Gasteiger partial charge on any atom is 0.0658 e. The van der Waals surface area contributed by atoms with E-state index in [1.54, 1.807) is 0 Å². The first-order valence-corrected chi connectivity index (χ1v) is 7.12. The fourth-order valence-corrected chi connectivity index (χ4v) is 5.97. The molecule has 1 aliphatic carbocycles. The molecule has 1 saturated carbocycles. The highest BCUT2D eigenvalue weighted by Gasteiger charge is 2.50. The minimum atomic E-state index is 0.380. The molecule has 1 atom stereocenters. The summed E-state index contributed by atoms with van der Waals surface area (Å²) in [6, 6.07) is 0.694. The zero-order valence-corrected chi connectivity index (χ0v) is 11.6. The molecule has 0 radical (unpaired) electrons. The molecular weight excluding hydrogens is 202 g/mol. The van der Waals surface area contributed by atoms with Gasteiger partial charge in [-0.15, -0.1) is 11.8 Å². The summed E-state index contributed by atoms with van der Waals surface area (Å²) < 4.78 is 0. The Hall–Kier alpha value is 0.310. The van der Waals surface area contributed by atoms with Crippen molar-refractivity contribution in [1.82, 2.24) is 5.32 Å². The summed E-state index contributed by atoms with van der Waals surface area (Å²) in [7, 11) is 0. The van der Waals surface area contributed by atoms with Crippen LogP contribution in [-0.4, -0.2) is 16.7 Å². The van der Waals surface area contributed by atoms with Crippen molar-refractivity contribution in [3.05, 3.63) is 0 Å². The second kappa shape index (κ2) is 3.40. The number of rotatable bonds is 0. The molecule has 88 valence electrons. The quantitative estimate of drug-likeness (QED) is 0.678. The van der Waals surface area contributed by atoms with Gasteiger partial charge in [0.2, 0.25) is 0 Å². The van der Waals surface area contributed by atoms with Crippen LogP contribution in [-0.2, 0) is 0 Å². The highest BCUT2D eigenvalue weighted by molar-refractivity contribution is 8.00. The first-order valence-electron chi connectivity index (χ1n) is 6.14. The van der Waals surface area contributed by atoms with Crippen LogP contribution in [0.2, 0.25) is 0 Å². The molecule has 0 aromatic carbocycles. The smallest absolute Gasteiger partial charge is 0.0658 e. The third-order valence-corrected chi connectivity index (χ3v) is 5.23. The van der Waals surface area contributed by atoms with Crippen molar-refractivity contribution in [1.29, 1.82) is 0 Å². The zero-order chi connectivity index (χ0) is 11.3. The molecule has 1 aliphatic heterocycles. The Bertz CT molecular complexity index is 241. The van der Waals surface area contributed by atoms with Gasteiger partial charge in [-0.25, -0.2) is 0 Å². The van der Waals surface area contributed by atoms with E-state index in [-0.39, 0.29) is 0 Å². The normalized spacial score (nSPS) is 37.0. The van der Waals surface area contributed by atoms with E-state index in [0.29, 0.717) is 21.7 Å². The van der Waals surface area contributed by atoms with Gasteiger partial charge in [-0.2, -0.15) is 0 Å². The summed E-state index contributed by atoms with van der Waals surface area (Å²) in [5.74, 6) is 1.28. The molecule has 1 nitrogen and oxygen atoms in total. The Labute approximate surface area is 98.8 Å². The van der Waals surface area contributed by atoms with Gasteiger partial charge < -0.3 is 0 Å². The van der Waals surface area contributed by atoms with Gasteiger partial charge >= 0.3 is 0 Å². The van der Waals surface area contributed by atoms with E-state index in [2.05, 4.69) is 51.7 Å². The molecule has 0 amide bonds. The minimum absolute atomic E-state index is 0.380. The monoisotopic (exact) mass is 227 g/mol. The maximum absolute atomic E-state index is 3.84. The lowest BCUT2D eigenvalue weighted by Gasteiger charge is -2.50. The lowest BCUT2D eigenvalue weighted by molar-refractivity contribution is 0.0716. The van der Waals surface area contributed by atoms with Gasteiger partial charge in [0.25, 0.3) is 0 Å². The predicted octanol–water partition coefficient (Wildman–Crippen LogP) is 3.64. The van der Waals surface area contributed by atoms with Gasteiger partial charge in [0.1, 0.15) is 0 Å². The average molecular weight is 227 g/mol. The fourth-order valence-electron chi connectivity index (χ4n) is 4.05. The number of thioether (sulfide) groups is 1. The first kappa shape index (κ1) is 11.8. The molecule has 2 rings (SSSR count). The third-order valence-electron chi connectivity index (χ3n) is 3.60. The lowest BCUT2D eigenvalue weighted by atomic mass is 9.63. The Morgan fingerprint density at radius 1 is 1.00 bits per heavy atom. The standard InChI is InChI=1S/C13H25NS/c1-10-6-15-13(14-10)8-11(2,3)7-12(4,5)9-13/h10,14H,6-9H2,1-5H3. The molecule has 1 spiro atoms. The molecule has 2 heteroatoms. The summed E-state index contributed by atoms with van der Waals surface area (Å²) >= 11 is 2.17. The van der Waals surface area contributed by atoms with Crippen LogP contribution in [0.3, 0.4) is 0 Å². The van der Waals surface area contributed by atoms with Crippen molar-refractivity contribution in [3.63, 3.8) is 0 Å². The summed E-state index contributed by atoms with van der Waals surface area (Å²) in [4.78, 5) is 0.380. The van der Waals surface area contributed by atoms with Gasteiger partial charge in [0, 0.05) is 11.8 Å². The minimum Gasteiger partial charge on any atom is -0.299 e. The van der Waals surface area contributed by atoms with Crippen LogP contribution in [0, 0.1) is 10.8 Å². The summed E-state index contributed by atoms with van der Waals surface area (Å²) in [5.41, 5.74) is 0.984. The molecule has 1 heterocycles. The summed E-state index contributed by atoms with van der Waals surface area (Å²) in [5, 5.41) is 3.84. The lowest BCUT2D eigenvalue weighted by Crippen LogP contribution is -2.51. The molecule has 2 aliphatic rings. The average Bonchev–Trinajstić information content (AvgIpc) is 2.23. The highest BCUT2D eigenvalue weighted by Crippen LogP contribution is 2.55. The number of nitrogens with one attached hydrogen (secondary N) is 1. The van der Waals surface area contributed by atoms with Crippen molar-refractivity contribution in [3.8, 4) is 0 Å². The molecule has 15 heavy (non-hydrogen) atoms. The summed E-state index contributed by atoms with van der Waals surface area (Å²) in [6.07, 6.45) is 4.02. The van der Waals surface area contributed by atoms with Crippen LogP contribution >= 0.6 is 11.8 Å². The molecular formula is C13H25NS. The van der Waals surface area contributed by atoms with E-state index in [1.165, 1.54) is 25.0 Å². The van der Waals surface area contributed by atoms with Gasteiger partial charge in [-0.1, -0.05) is 27.7 Å². The van der Waals surface area contributed by atoms with Crippen molar-refractivity contribution >= 4 is 11.8 Å². The molecule has 1 unspecified atom stereocenters. The predicted molar refractivity (Wildman–Crippen MR) is 69.2 cm³/mol. The van der Waals surface area contributed by atoms with E-state index in [4.69, 9.17) is 0 Å². The molecule has 1 saturated heterocycles. The van der Waals surface area contributed by atoms with Crippen LogP contribution in [0.5, 0.6) is 0 Å². The molecule has 0 aromatic rings. The summed E-state index contributed by atoms with van der Waals surface area (Å²) in [6.45, 7) is 12.0. The topological polar surface area (TPSA) is 12.0 Å². The molecule has 0 aromatic heterocycles. The van der Waals surface area contributed by atoms with Gasteiger partial charge in [0.05, 0.1) is 4.87 Å². The molecule has 2 fully saturated rings. The van der Waals surface area contributed by atoms with Gasteiger partial charge in [0.15, 0.2) is 0 Å². The molecule has 0 bridgehead atoms. The van der Waals surface area contributed by atoms with E-state index in [9.17, 15) is 0 Å². The van der Waals surface area contributed by atoms with Gasteiger partial charge in [-0.05, 0) is 37.0 Å². The largest absolute Gasteiger partial charge is 0.299 e. The van der Waals surface area contributed by atoms with Crippen LogP contribution in [0.25, 0.3) is 0 Å².